The number of ketones is 1. The SMILES string of the molecule is CN(CC(=O)C1CCCCC1)C1CCCC1. The number of nitrogens with zero attached hydrogens (tertiary/aromatic N) is 1. The molecule has 0 aliphatic heterocycles. The van der Waals surface area contributed by atoms with Crippen LogP contribution in [-0.4, -0.2) is 30.3 Å². The number of hydrogen-bond acceptors (Lipinski definition) is 2. The molecule has 2 nitrogen and oxygen atoms in total. The molecule has 2 aliphatic rings. The van der Waals surface area contributed by atoms with E-state index in [0.717, 1.165) is 12.8 Å². The highest BCUT2D eigenvalue weighted by Crippen LogP contribution is 2.26. The minimum Gasteiger partial charge on any atom is -0.298 e. The molecule has 0 bridgehead atoms. The van der Waals surface area contributed by atoms with Crippen LogP contribution in [0.15, 0.2) is 0 Å². The molecule has 2 saturated carbocycles. The van der Waals surface area contributed by atoms with Gasteiger partial charge in [0.15, 0.2) is 0 Å². The molecule has 0 spiro atoms. The lowest BCUT2D eigenvalue weighted by atomic mass is 9.86. The summed E-state index contributed by atoms with van der Waals surface area (Å²) in [6, 6.07) is 0.688. The third kappa shape index (κ3) is 3.07. The zero-order valence-corrected chi connectivity index (χ0v) is 10.6. The van der Waals surface area contributed by atoms with E-state index in [1.165, 1.54) is 44.9 Å². The first-order chi connectivity index (χ1) is 7.77. The summed E-state index contributed by atoms with van der Waals surface area (Å²) in [6.45, 7) is 0.704. The lowest BCUT2D eigenvalue weighted by Gasteiger charge is -2.27. The molecule has 0 N–H and O–H groups in total. The number of Topliss-reactive ketones (excluding diaryl/α,β-unsaturated/α-hetero) is 1. The maximum Gasteiger partial charge on any atom is 0.149 e. The molecule has 2 rings (SSSR count). The maximum absolute atomic E-state index is 12.1. The largest absolute Gasteiger partial charge is 0.298 e. The monoisotopic (exact) mass is 223 g/mol. The average molecular weight is 223 g/mol. The minimum absolute atomic E-state index is 0.387. The van der Waals surface area contributed by atoms with E-state index in [2.05, 4.69) is 11.9 Å². The Hall–Kier alpha value is -0.370. The molecule has 2 aliphatic carbocycles. The van der Waals surface area contributed by atoms with Gasteiger partial charge in [-0.3, -0.25) is 9.69 Å². The summed E-state index contributed by atoms with van der Waals surface area (Å²) in [7, 11) is 2.14. The molecule has 2 fully saturated rings. The van der Waals surface area contributed by atoms with Crippen molar-refractivity contribution in [2.45, 2.75) is 63.8 Å². The molecule has 0 unspecified atom stereocenters. The fourth-order valence-corrected chi connectivity index (χ4v) is 3.27. The van der Waals surface area contributed by atoms with Gasteiger partial charge in [0.05, 0.1) is 6.54 Å². The van der Waals surface area contributed by atoms with E-state index in [-0.39, 0.29) is 0 Å². The third-order valence-electron chi connectivity index (χ3n) is 4.41. The highest BCUT2D eigenvalue weighted by atomic mass is 16.1. The van der Waals surface area contributed by atoms with Crippen molar-refractivity contribution < 1.29 is 4.79 Å². The van der Waals surface area contributed by atoms with Crippen LogP contribution in [0.4, 0.5) is 0 Å². The molecule has 2 heteroatoms. The fourth-order valence-electron chi connectivity index (χ4n) is 3.27. The van der Waals surface area contributed by atoms with Gasteiger partial charge in [-0.1, -0.05) is 32.1 Å². The molecule has 0 aromatic rings. The topological polar surface area (TPSA) is 20.3 Å². The molecule has 0 saturated heterocycles. The van der Waals surface area contributed by atoms with Crippen LogP contribution >= 0.6 is 0 Å². The summed E-state index contributed by atoms with van der Waals surface area (Å²) in [5, 5.41) is 0. The summed E-state index contributed by atoms with van der Waals surface area (Å²) in [6.07, 6.45) is 11.5. The quantitative estimate of drug-likeness (QED) is 0.730. The van der Waals surface area contributed by atoms with E-state index in [0.29, 0.717) is 24.3 Å². The van der Waals surface area contributed by atoms with Crippen molar-refractivity contribution in [3.8, 4) is 0 Å². The van der Waals surface area contributed by atoms with Crippen LogP contribution in [0.2, 0.25) is 0 Å². The number of hydrogen-bond donors (Lipinski definition) is 0. The predicted octanol–water partition coefficient (Wildman–Crippen LogP) is 3.01. The molecule has 0 aromatic heterocycles. The number of carbonyl (C=O) groups is 1. The zero-order chi connectivity index (χ0) is 11.4. The molecule has 0 radical (unpaired) electrons. The second-order valence-electron chi connectivity index (χ2n) is 5.65. The van der Waals surface area contributed by atoms with Crippen molar-refractivity contribution in [3.63, 3.8) is 0 Å². The normalized spacial score (nSPS) is 24.1. The van der Waals surface area contributed by atoms with Crippen LogP contribution < -0.4 is 0 Å². The van der Waals surface area contributed by atoms with E-state index in [1.54, 1.807) is 0 Å². The summed E-state index contributed by atoms with van der Waals surface area (Å²) in [5.41, 5.74) is 0. The smallest absolute Gasteiger partial charge is 0.149 e. The van der Waals surface area contributed by atoms with E-state index in [9.17, 15) is 4.79 Å². The Morgan fingerprint density at radius 1 is 1.00 bits per heavy atom. The van der Waals surface area contributed by atoms with E-state index >= 15 is 0 Å². The summed E-state index contributed by atoms with van der Waals surface area (Å²) in [5.74, 6) is 0.895. The van der Waals surface area contributed by atoms with Gasteiger partial charge in [-0.05, 0) is 32.7 Å². The van der Waals surface area contributed by atoms with E-state index < -0.39 is 0 Å². The Morgan fingerprint density at radius 3 is 2.19 bits per heavy atom. The first-order valence-corrected chi connectivity index (χ1v) is 7.00. The van der Waals surface area contributed by atoms with Crippen molar-refractivity contribution >= 4 is 5.78 Å². The molecule has 16 heavy (non-hydrogen) atoms. The lowest BCUT2D eigenvalue weighted by Crippen LogP contribution is -2.36. The third-order valence-corrected chi connectivity index (χ3v) is 4.41. The Kier molecular flexibility index (Phi) is 4.39. The number of carbonyl (C=O) groups excluding carboxylic acids is 1. The minimum atomic E-state index is 0.387. The Balaban J connectivity index is 1.76. The number of likely N-dealkylation sites (N-methyl/N-ethyl adjacent to an activating group) is 1. The Labute approximate surface area is 99.4 Å². The van der Waals surface area contributed by atoms with Gasteiger partial charge >= 0.3 is 0 Å². The second-order valence-corrected chi connectivity index (χ2v) is 5.65. The van der Waals surface area contributed by atoms with Gasteiger partial charge in [0.1, 0.15) is 5.78 Å². The molecule has 92 valence electrons. The van der Waals surface area contributed by atoms with E-state index in [4.69, 9.17) is 0 Å². The highest BCUT2D eigenvalue weighted by molar-refractivity contribution is 5.83. The van der Waals surface area contributed by atoms with Gasteiger partial charge < -0.3 is 0 Å². The summed E-state index contributed by atoms with van der Waals surface area (Å²) < 4.78 is 0. The lowest BCUT2D eigenvalue weighted by molar-refractivity contribution is -0.125. The van der Waals surface area contributed by atoms with E-state index in [1.807, 2.05) is 0 Å². The maximum atomic E-state index is 12.1. The van der Waals surface area contributed by atoms with Crippen LogP contribution in [0.5, 0.6) is 0 Å². The summed E-state index contributed by atoms with van der Waals surface area (Å²) >= 11 is 0. The fraction of sp³-hybridized carbons (Fsp3) is 0.929. The predicted molar refractivity (Wildman–Crippen MR) is 66.5 cm³/mol. The highest BCUT2D eigenvalue weighted by Gasteiger charge is 2.25. The van der Waals surface area contributed by atoms with Crippen molar-refractivity contribution in [2.75, 3.05) is 13.6 Å². The van der Waals surface area contributed by atoms with Crippen LogP contribution in [-0.2, 0) is 4.79 Å². The van der Waals surface area contributed by atoms with Crippen molar-refractivity contribution in [2.24, 2.45) is 5.92 Å². The molecule has 0 amide bonds. The van der Waals surface area contributed by atoms with Gasteiger partial charge in [0, 0.05) is 12.0 Å². The number of rotatable bonds is 4. The van der Waals surface area contributed by atoms with Crippen molar-refractivity contribution in [3.05, 3.63) is 0 Å². The van der Waals surface area contributed by atoms with Crippen LogP contribution in [0.1, 0.15) is 57.8 Å². The first-order valence-electron chi connectivity index (χ1n) is 7.00. The standard InChI is InChI=1S/C14H25NO/c1-15(13-9-5-6-10-13)11-14(16)12-7-3-2-4-8-12/h12-13H,2-11H2,1H3. The molecular weight excluding hydrogens is 198 g/mol. The van der Waals surface area contributed by atoms with Crippen LogP contribution in [0, 0.1) is 5.92 Å². The van der Waals surface area contributed by atoms with Gasteiger partial charge in [-0.25, -0.2) is 0 Å². The Bertz CT molecular complexity index is 227. The second kappa shape index (κ2) is 5.81. The van der Waals surface area contributed by atoms with Gasteiger partial charge in [-0.2, -0.15) is 0 Å². The van der Waals surface area contributed by atoms with Gasteiger partial charge in [-0.15, -0.1) is 0 Å². The zero-order valence-electron chi connectivity index (χ0n) is 10.6. The molecule has 0 atom stereocenters. The van der Waals surface area contributed by atoms with Crippen molar-refractivity contribution in [1.29, 1.82) is 0 Å². The van der Waals surface area contributed by atoms with Crippen molar-refractivity contribution in [1.82, 2.24) is 4.90 Å². The molecule has 0 heterocycles. The first kappa shape index (κ1) is 12.1. The van der Waals surface area contributed by atoms with Gasteiger partial charge in [0.2, 0.25) is 0 Å². The van der Waals surface area contributed by atoms with Crippen LogP contribution in [0.3, 0.4) is 0 Å². The summed E-state index contributed by atoms with van der Waals surface area (Å²) in [4.78, 5) is 14.4. The Morgan fingerprint density at radius 2 is 1.56 bits per heavy atom. The molecular formula is C14H25NO. The van der Waals surface area contributed by atoms with Gasteiger partial charge in [0.25, 0.3) is 0 Å². The average Bonchev–Trinajstić information content (AvgIpc) is 2.83. The molecule has 0 aromatic carbocycles. The van der Waals surface area contributed by atoms with Crippen LogP contribution in [0.25, 0.3) is 0 Å².